The van der Waals surface area contributed by atoms with Gasteiger partial charge in [-0.3, -0.25) is 9.78 Å². The number of carbonyl (C=O) groups excluding carboxylic acids is 1. The van der Waals surface area contributed by atoms with Gasteiger partial charge in [-0.05, 0) is 30.2 Å². The highest BCUT2D eigenvalue weighted by molar-refractivity contribution is 7.92. The fourth-order valence-electron chi connectivity index (χ4n) is 2.93. The number of rotatable bonds is 9. The van der Waals surface area contributed by atoms with E-state index in [0.29, 0.717) is 5.69 Å². The lowest BCUT2D eigenvalue weighted by Crippen LogP contribution is -2.45. The van der Waals surface area contributed by atoms with E-state index in [4.69, 9.17) is 16.0 Å². The van der Waals surface area contributed by atoms with Crippen molar-refractivity contribution in [1.29, 1.82) is 0 Å². The average molecular weight is 490 g/mol. The number of amides is 1. The molecule has 3 aromatic heterocycles. The third-order valence-corrected chi connectivity index (χ3v) is 6.34. The van der Waals surface area contributed by atoms with Crippen LogP contribution in [-0.4, -0.2) is 53.9 Å². The number of oxazole rings is 1. The lowest BCUT2D eigenvalue weighted by atomic mass is 10.2. The molecule has 0 bridgehead atoms. The van der Waals surface area contributed by atoms with Gasteiger partial charge in [0.2, 0.25) is 5.25 Å². The van der Waals surface area contributed by atoms with Crippen molar-refractivity contribution < 1.29 is 26.9 Å². The van der Waals surface area contributed by atoms with Crippen molar-refractivity contribution in [2.75, 3.05) is 17.2 Å². The number of halogens is 4. The van der Waals surface area contributed by atoms with Gasteiger partial charge >= 0.3 is 6.18 Å². The number of anilines is 1. The van der Waals surface area contributed by atoms with E-state index < -0.39 is 40.7 Å². The molecular weight excluding hydrogens is 471 g/mol. The van der Waals surface area contributed by atoms with Crippen molar-refractivity contribution in [2.24, 2.45) is 0 Å². The molecule has 0 N–H and O–H groups in total. The molecule has 0 aliphatic heterocycles. The van der Waals surface area contributed by atoms with E-state index in [2.05, 4.69) is 15.1 Å². The van der Waals surface area contributed by atoms with Crippen LogP contribution in [0.4, 0.5) is 18.9 Å². The summed E-state index contributed by atoms with van der Waals surface area (Å²) in [6.45, 7) is 1.78. The summed E-state index contributed by atoms with van der Waals surface area (Å²) in [5.41, 5.74) is 0.822. The molecule has 2 atom stereocenters. The first-order valence-electron chi connectivity index (χ1n) is 9.49. The lowest BCUT2D eigenvalue weighted by molar-refractivity contribution is -0.130. The van der Waals surface area contributed by atoms with Crippen LogP contribution in [0.2, 0.25) is 5.15 Å². The fourth-order valence-corrected chi connectivity index (χ4v) is 4.56. The second-order valence-electron chi connectivity index (χ2n) is 6.61. The SMILES string of the molecule is CCN(C(=O)C(Cc1ncco1)[S+]([O-])CCC(F)(F)F)c1cn(-c2cccnc2)nc1Cl. The molecule has 0 aliphatic carbocycles. The summed E-state index contributed by atoms with van der Waals surface area (Å²) in [6, 6.07) is 3.43. The molecule has 3 heterocycles. The first-order chi connectivity index (χ1) is 15.2. The Hall–Kier alpha value is -2.57. The topological polar surface area (TPSA) is 100 Å². The number of nitrogens with zero attached hydrogens (tertiary/aromatic N) is 5. The maximum Gasteiger partial charge on any atom is 0.393 e. The van der Waals surface area contributed by atoms with Crippen LogP contribution in [0.1, 0.15) is 19.2 Å². The zero-order chi connectivity index (χ0) is 23.3. The minimum atomic E-state index is -4.50. The van der Waals surface area contributed by atoms with E-state index in [1.54, 1.807) is 31.5 Å². The average Bonchev–Trinajstić information content (AvgIpc) is 3.41. The maximum atomic E-state index is 13.3. The zero-order valence-corrected chi connectivity index (χ0v) is 18.4. The molecule has 0 radical (unpaired) electrons. The molecule has 0 aromatic carbocycles. The second-order valence-corrected chi connectivity index (χ2v) is 8.71. The molecule has 172 valence electrons. The smallest absolute Gasteiger partial charge is 0.393 e. The Morgan fingerprint density at radius 3 is 2.78 bits per heavy atom. The van der Waals surface area contributed by atoms with Crippen LogP contribution in [0.15, 0.2) is 47.6 Å². The van der Waals surface area contributed by atoms with Crippen molar-refractivity contribution in [3.63, 3.8) is 0 Å². The maximum absolute atomic E-state index is 13.3. The van der Waals surface area contributed by atoms with E-state index in [9.17, 15) is 22.5 Å². The second kappa shape index (κ2) is 10.4. The van der Waals surface area contributed by atoms with Gasteiger partial charge in [-0.1, -0.05) is 11.6 Å². The Labute approximate surface area is 189 Å². The minimum absolute atomic E-state index is 0.000000472. The molecule has 0 saturated heterocycles. The third kappa shape index (κ3) is 6.02. The third-order valence-electron chi connectivity index (χ3n) is 4.46. The normalized spacial score (nSPS) is 13.7. The van der Waals surface area contributed by atoms with Gasteiger partial charge < -0.3 is 13.9 Å². The number of alkyl halides is 3. The molecule has 3 rings (SSSR count). The number of aromatic nitrogens is 4. The first kappa shape index (κ1) is 24.1. The molecule has 0 saturated carbocycles. The first-order valence-corrected chi connectivity index (χ1v) is 11.2. The van der Waals surface area contributed by atoms with Gasteiger partial charge in [0, 0.05) is 12.7 Å². The van der Waals surface area contributed by atoms with Gasteiger partial charge in [-0.2, -0.15) is 18.3 Å². The summed E-state index contributed by atoms with van der Waals surface area (Å²) >= 11 is 4.12. The monoisotopic (exact) mass is 489 g/mol. The number of carbonyl (C=O) groups is 1. The van der Waals surface area contributed by atoms with Crippen molar-refractivity contribution in [1.82, 2.24) is 19.7 Å². The quantitative estimate of drug-likeness (QED) is 0.426. The van der Waals surface area contributed by atoms with Gasteiger partial charge in [0.25, 0.3) is 5.91 Å². The molecular formula is C19H19ClF3N5O3S. The zero-order valence-electron chi connectivity index (χ0n) is 16.8. The van der Waals surface area contributed by atoms with Crippen molar-refractivity contribution in [3.05, 3.63) is 54.2 Å². The summed E-state index contributed by atoms with van der Waals surface area (Å²) in [7, 11) is 0. The predicted octanol–water partition coefficient (Wildman–Crippen LogP) is 3.57. The van der Waals surface area contributed by atoms with Crippen molar-refractivity contribution in [3.8, 4) is 5.69 Å². The van der Waals surface area contributed by atoms with Gasteiger partial charge in [0.1, 0.15) is 17.7 Å². The van der Waals surface area contributed by atoms with Crippen LogP contribution in [-0.2, 0) is 22.4 Å². The van der Waals surface area contributed by atoms with E-state index in [-0.39, 0.29) is 29.7 Å². The molecule has 0 fully saturated rings. The molecule has 0 spiro atoms. The summed E-state index contributed by atoms with van der Waals surface area (Å²) < 4.78 is 57.3. The van der Waals surface area contributed by atoms with Crippen LogP contribution >= 0.6 is 11.6 Å². The molecule has 3 aromatic rings. The largest absolute Gasteiger partial charge is 0.616 e. The highest BCUT2D eigenvalue weighted by Crippen LogP contribution is 2.29. The standard InChI is InChI=1S/C19H19ClF3N5O3S/c1-2-27(14-12-28(26-17(14)20)13-4-3-6-24-11-13)18(29)15(10-16-25-7-8-31-16)32(30)9-5-19(21,22)23/h3-4,6-8,11-12,15H,2,5,9-10H2,1H3. The van der Waals surface area contributed by atoms with E-state index >= 15 is 0 Å². The van der Waals surface area contributed by atoms with Gasteiger partial charge in [0.15, 0.2) is 11.0 Å². The van der Waals surface area contributed by atoms with Crippen LogP contribution < -0.4 is 4.90 Å². The summed E-state index contributed by atoms with van der Waals surface area (Å²) in [4.78, 5) is 22.5. The minimum Gasteiger partial charge on any atom is -0.616 e. The Morgan fingerprint density at radius 2 is 2.19 bits per heavy atom. The fraction of sp³-hybridized carbons (Fsp3) is 0.368. The van der Waals surface area contributed by atoms with Crippen LogP contribution in [0, 0.1) is 0 Å². The highest BCUT2D eigenvalue weighted by atomic mass is 35.5. The number of hydrogen-bond acceptors (Lipinski definition) is 6. The predicted molar refractivity (Wildman–Crippen MR) is 112 cm³/mol. The van der Waals surface area contributed by atoms with E-state index in [1.807, 2.05) is 0 Å². The lowest BCUT2D eigenvalue weighted by Gasteiger charge is -2.26. The highest BCUT2D eigenvalue weighted by Gasteiger charge is 2.39. The molecule has 2 unspecified atom stereocenters. The Balaban J connectivity index is 1.88. The Morgan fingerprint density at radius 1 is 1.41 bits per heavy atom. The van der Waals surface area contributed by atoms with Crippen molar-refractivity contribution in [2.45, 2.75) is 31.2 Å². The Kier molecular flexibility index (Phi) is 7.80. The molecule has 8 nitrogen and oxygen atoms in total. The number of hydrogen-bond donors (Lipinski definition) is 0. The summed E-state index contributed by atoms with van der Waals surface area (Å²) in [6.07, 6.45) is 1.24. The molecule has 32 heavy (non-hydrogen) atoms. The summed E-state index contributed by atoms with van der Waals surface area (Å²) in [5.74, 6) is -1.29. The van der Waals surface area contributed by atoms with E-state index in [1.165, 1.54) is 28.2 Å². The van der Waals surface area contributed by atoms with Crippen LogP contribution in [0.25, 0.3) is 5.69 Å². The number of pyridine rings is 1. The van der Waals surface area contributed by atoms with Gasteiger partial charge in [0.05, 0.1) is 37.1 Å². The summed E-state index contributed by atoms with van der Waals surface area (Å²) in [5, 5.41) is 2.86. The van der Waals surface area contributed by atoms with Gasteiger partial charge in [-0.15, -0.1) is 0 Å². The molecule has 1 amide bonds. The van der Waals surface area contributed by atoms with Gasteiger partial charge in [-0.25, -0.2) is 9.67 Å². The van der Waals surface area contributed by atoms with E-state index in [0.717, 1.165) is 0 Å². The van der Waals surface area contributed by atoms with Crippen LogP contribution in [0.3, 0.4) is 0 Å². The molecule has 13 heteroatoms. The van der Waals surface area contributed by atoms with Crippen LogP contribution in [0.5, 0.6) is 0 Å². The van der Waals surface area contributed by atoms with Crippen molar-refractivity contribution >= 4 is 34.4 Å². The molecule has 0 aliphatic rings. The Bertz CT molecular complexity index is 1020.